The van der Waals surface area contributed by atoms with Crippen molar-refractivity contribution >= 4 is 12.4 Å². The third-order valence-corrected chi connectivity index (χ3v) is 1.83. The summed E-state index contributed by atoms with van der Waals surface area (Å²) >= 11 is 0. The largest absolute Gasteiger partial charge is 0.395 e. The number of hydrogen-bond acceptors (Lipinski definition) is 2. The van der Waals surface area contributed by atoms with Crippen molar-refractivity contribution in [1.29, 1.82) is 0 Å². The molecule has 0 fully saturated rings. The molecule has 1 aromatic carbocycles. The highest BCUT2D eigenvalue weighted by molar-refractivity contribution is 5.85. The van der Waals surface area contributed by atoms with Gasteiger partial charge in [-0.1, -0.05) is 6.07 Å². The van der Waals surface area contributed by atoms with Crippen LogP contribution in [0.3, 0.4) is 0 Å². The summed E-state index contributed by atoms with van der Waals surface area (Å²) in [6.45, 7) is 1.76. The third kappa shape index (κ3) is 4.05. The van der Waals surface area contributed by atoms with Crippen molar-refractivity contribution in [2.45, 2.75) is 19.4 Å². The number of rotatable bonds is 3. The van der Waals surface area contributed by atoms with Crippen LogP contribution in [0.5, 0.6) is 0 Å². The predicted molar refractivity (Wildman–Crippen MR) is 57.2 cm³/mol. The highest BCUT2D eigenvalue weighted by atomic mass is 35.5. The van der Waals surface area contributed by atoms with E-state index in [9.17, 15) is 4.39 Å². The monoisotopic (exact) mass is 219 g/mol. The molecule has 0 heterocycles. The Morgan fingerprint density at radius 2 is 2.07 bits per heavy atom. The van der Waals surface area contributed by atoms with Crippen LogP contribution in [0.2, 0.25) is 0 Å². The zero-order chi connectivity index (χ0) is 9.84. The van der Waals surface area contributed by atoms with Crippen molar-refractivity contribution in [3.05, 3.63) is 35.1 Å². The number of benzene rings is 1. The molecule has 0 amide bonds. The van der Waals surface area contributed by atoms with Gasteiger partial charge in [0.05, 0.1) is 6.61 Å². The van der Waals surface area contributed by atoms with Gasteiger partial charge in [0.25, 0.3) is 0 Å². The van der Waals surface area contributed by atoms with Gasteiger partial charge in [0.15, 0.2) is 0 Å². The fraction of sp³-hybridized carbons (Fsp3) is 0.400. The van der Waals surface area contributed by atoms with Gasteiger partial charge in [0.1, 0.15) is 5.82 Å². The van der Waals surface area contributed by atoms with Gasteiger partial charge in [-0.3, -0.25) is 0 Å². The van der Waals surface area contributed by atoms with Crippen molar-refractivity contribution in [2.75, 3.05) is 6.61 Å². The molecule has 1 aromatic rings. The van der Waals surface area contributed by atoms with Crippen molar-refractivity contribution in [1.82, 2.24) is 0 Å². The molecule has 1 unspecified atom stereocenters. The molecule has 0 bridgehead atoms. The zero-order valence-corrected chi connectivity index (χ0v) is 8.85. The standard InChI is InChI=1S/C10H14FNO.ClH/c1-7-2-8(4-9(11)3-7)5-10(12)6-13;/h2-4,10,13H,5-6,12H2,1H3;1H. The second-order valence-electron chi connectivity index (χ2n) is 3.28. The normalized spacial score (nSPS) is 12.0. The van der Waals surface area contributed by atoms with Gasteiger partial charge in [0, 0.05) is 6.04 Å². The number of aliphatic hydroxyl groups excluding tert-OH is 1. The molecule has 0 saturated heterocycles. The molecule has 4 heteroatoms. The Morgan fingerprint density at radius 1 is 1.43 bits per heavy atom. The minimum atomic E-state index is -0.304. The van der Waals surface area contributed by atoms with Crippen molar-refractivity contribution in [2.24, 2.45) is 5.73 Å². The summed E-state index contributed by atoms with van der Waals surface area (Å²) in [4.78, 5) is 0. The van der Waals surface area contributed by atoms with Crippen LogP contribution in [-0.2, 0) is 6.42 Å². The fourth-order valence-corrected chi connectivity index (χ4v) is 1.30. The molecule has 0 aliphatic rings. The van der Waals surface area contributed by atoms with E-state index in [2.05, 4.69) is 0 Å². The van der Waals surface area contributed by atoms with E-state index in [-0.39, 0.29) is 30.9 Å². The Kier molecular flexibility index (Phi) is 5.69. The molecule has 0 spiro atoms. The van der Waals surface area contributed by atoms with Crippen LogP contribution >= 0.6 is 12.4 Å². The lowest BCUT2D eigenvalue weighted by Crippen LogP contribution is -2.26. The summed E-state index contributed by atoms with van der Waals surface area (Å²) in [5.74, 6) is -0.250. The van der Waals surface area contributed by atoms with E-state index in [0.29, 0.717) is 6.42 Å². The Balaban J connectivity index is 0.00000169. The lowest BCUT2D eigenvalue weighted by Gasteiger charge is -2.08. The van der Waals surface area contributed by atoms with Gasteiger partial charge in [-0.2, -0.15) is 0 Å². The van der Waals surface area contributed by atoms with E-state index in [1.807, 2.05) is 13.0 Å². The van der Waals surface area contributed by atoms with Gasteiger partial charge < -0.3 is 10.8 Å². The van der Waals surface area contributed by atoms with Gasteiger partial charge in [-0.15, -0.1) is 12.4 Å². The number of aliphatic hydroxyl groups is 1. The molecule has 0 aliphatic carbocycles. The molecule has 14 heavy (non-hydrogen) atoms. The SMILES string of the molecule is Cc1cc(F)cc(CC(N)CO)c1.Cl. The minimum absolute atomic E-state index is 0. The van der Waals surface area contributed by atoms with E-state index < -0.39 is 0 Å². The first-order valence-electron chi connectivity index (χ1n) is 4.24. The first kappa shape index (κ1) is 13.4. The molecule has 2 nitrogen and oxygen atoms in total. The second kappa shape index (κ2) is 5.96. The highest BCUT2D eigenvalue weighted by Crippen LogP contribution is 2.09. The molecule has 3 N–H and O–H groups in total. The Bertz CT molecular complexity index is 273. The average molecular weight is 220 g/mol. The molecule has 0 radical (unpaired) electrons. The van der Waals surface area contributed by atoms with Gasteiger partial charge in [-0.25, -0.2) is 4.39 Å². The number of aryl methyl sites for hydroxylation is 1. The van der Waals surface area contributed by atoms with Gasteiger partial charge in [-0.05, 0) is 36.6 Å². The highest BCUT2D eigenvalue weighted by Gasteiger charge is 2.03. The maximum Gasteiger partial charge on any atom is 0.123 e. The smallest absolute Gasteiger partial charge is 0.123 e. The molecule has 0 aromatic heterocycles. The number of nitrogens with two attached hydrogens (primary N) is 1. The van der Waals surface area contributed by atoms with Crippen LogP contribution in [0, 0.1) is 12.7 Å². The van der Waals surface area contributed by atoms with Crippen LogP contribution < -0.4 is 5.73 Å². The summed E-state index contributed by atoms with van der Waals surface area (Å²) in [6, 6.07) is 4.48. The Morgan fingerprint density at radius 3 is 2.57 bits per heavy atom. The fourth-order valence-electron chi connectivity index (χ4n) is 1.30. The van der Waals surface area contributed by atoms with Crippen LogP contribution in [0.25, 0.3) is 0 Å². The number of halogens is 2. The molecule has 0 aliphatic heterocycles. The van der Waals surface area contributed by atoms with Crippen LogP contribution in [0.4, 0.5) is 4.39 Å². The van der Waals surface area contributed by atoms with Crippen LogP contribution in [0.15, 0.2) is 18.2 Å². The summed E-state index contributed by atoms with van der Waals surface area (Å²) in [5, 5.41) is 8.72. The first-order chi connectivity index (χ1) is 6.11. The van der Waals surface area contributed by atoms with Crippen molar-refractivity contribution in [3.63, 3.8) is 0 Å². The summed E-state index contributed by atoms with van der Waals surface area (Å²) in [5.41, 5.74) is 7.24. The number of hydrogen-bond donors (Lipinski definition) is 2. The third-order valence-electron chi connectivity index (χ3n) is 1.83. The van der Waals surface area contributed by atoms with Gasteiger partial charge in [0.2, 0.25) is 0 Å². The minimum Gasteiger partial charge on any atom is -0.395 e. The zero-order valence-electron chi connectivity index (χ0n) is 8.03. The van der Waals surface area contributed by atoms with E-state index in [4.69, 9.17) is 10.8 Å². The molecule has 1 rings (SSSR count). The molecule has 1 atom stereocenters. The lowest BCUT2D eigenvalue weighted by molar-refractivity contribution is 0.265. The summed E-state index contributed by atoms with van der Waals surface area (Å²) < 4.78 is 12.9. The molecular formula is C10H15ClFNO. The van der Waals surface area contributed by atoms with E-state index in [0.717, 1.165) is 11.1 Å². The van der Waals surface area contributed by atoms with Crippen molar-refractivity contribution < 1.29 is 9.50 Å². The van der Waals surface area contributed by atoms with Crippen LogP contribution in [-0.4, -0.2) is 17.8 Å². The maximum absolute atomic E-state index is 12.9. The molecular weight excluding hydrogens is 205 g/mol. The average Bonchev–Trinajstić information content (AvgIpc) is 2.02. The first-order valence-corrected chi connectivity index (χ1v) is 4.24. The maximum atomic E-state index is 12.9. The van der Waals surface area contributed by atoms with Crippen molar-refractivity contribution in [3.8, 4) is 0 Å². The van der Waals surface area contributed by atoms with E-state index in [1.54, 1.807) is 0 Å². The quantitative estimate of drug-likeness (QED) is 0.808. The Labute approximate surface area is 89.3 Å². The second-order valence-corrected chi connectivity index (χ2v) is 3.28. The molecule has 0 saturated carbocycles. The van der Waals surface area contributed by atoms with E-state index in [1.165, 1.54) is 12.1 Å². The predicted octanol–water partition coefficient (Wildman–Crippen LogP) is 1.42. The molecule has 80 valence electrons. The summed E-state index contributed by atoms with van der Waals surface area (Å²) in [6.07, 6.45) is 0.509. The van der Waals surface area contributed by atoms with Gasteiger partial charge >= 0.3 is 0 Å². The van der Waals surface area contributed by atoms with Crippen LogP contribution in [0.1, 0.15) is 11.1 Å². The Hall–Kier alpha value is -0.640. The topological polar surface area (TPSA) is 46.2 Å². The summed E-state index contributed by atoms with van der Waals surface area (Å²) in [7, 11) is 0. The lowest BCUT2D eigenvalue weighted by atomic mass is 10.0. The van der Waals surface area contributed by atoms with E-state index >= 15 is 0 Å².